The van der Waals surface area contributed by atoms with E-state index in [0.717, 1.165) is 96.3 Å². The third-order valence-corrected chi connectivity index (χ3v) is 14.3. The smallest absolute Gasteiger partial charge is 0.462 e. The minimum absolute atomic E-state index is 0.160. The summed E-state index contributed by atoms with van der Waals surface area (Å²) in [7, 11) is -4.74. The fourth-order valence-electron chi connectivity index (χ4n) is 8.70. The first-order valence-electron chi connectivity index (χ1n) is 30.2. The Morgan fingerprint density at radius 1 is 0.375 bits per heavy atom. The molecule has 0 spiro atoms. The second-order valence-corrected chi connectivity index (χ2v) is 22.0. The van der Waals surface area contributed by atoms with Gasteiger partial charge in [0.2, 0.25) is 0 Å². The molecule has 0 saturated heterocycles. The number of ether oxygens (including phenoxy) is 3. The maximum absolute atomic E-state index is 12.9. The van der Waals surface area contributed by atoms with E-state index in [1.165, 1.54) is 148 Å². The molecular formula is C60H113O11P. The summed E-state index contributed by atoms with van der Waals surface area (Å²) >= 11 is 0. The monoisotopic (exact) mass is 1040 g/mol. The Morgan fingerprint density at radius 3 is 0.958 bits per heavy atom. The molecule has 424 valence electrons. The van der Waals surface area contributed by atoms with E-state index >= 15 is 0 Å². The van der Waals surface area contributed by atoms with Gasteiger partial charge in [-0.3, -0.25) is 23.4 Å². The van der Waals surface area contributed by atoms with Gasteiger partial charge in [-0.05, 0) is 70.6 Å². The van der Waals surface area contributed by atoms with Crippen molar-refractivity contribution in [2.45, 2.75) is 315 Å². The predicted octanol–water partition coefficient (Wildman–Crippen LogP) is 17.8. The van der Waals surface area contributed by atoms with Crippen LogP contribution in [-0.4, -0.2) is 66.5 Å². The van der Waals surface area contributed by atoms with Gasteiger partial charge in [-0.25, -0.2) is 4.57 Å². The van der Waals surface area contributed by atoms with Gasteiger partial charge in [-0.1, -0.05) is 238 Å². The van der Waals surface area contributed by atoms with Crippen LogP contribution in [0, 0.1) is 0 Å². The normalized spacial score (nSPS) is 13.5. The van der Waals surface area contributed by atoms with E-state index in [0.29, 0.717) is 19.3 Å². The van der Waals surface area contributed by atoms with Gasteiger partial charge in [0.05, 0.1) is 19.8 Å². The standard InChI is InChI=1S/C60H113O11P/c1-4-7-10-13-16-19-22-25-28-31-34-37-40-43-46-49-58(62)67-53-57(71-60(64)51-48-45-42-39-36-33-30-27-24-21-18-15-12-9-6-3)55-69-72(65,66)68-54-56(52-61)70-59(63)50-47-44-41-38-35-32-29-26-23-20-17-14-11-8-5-2/h25,27-28,30,56-57,61H,4-24,26,29,31-55H2,1-3H3,(H,65,66)/b28-25-,30-27-. The quantitative estimate of drug-likeness (QED) is 0.0197. The molecule has 0 heterocycles. The number of phosphoric acid groups is 1. The number of rotatable bonds is 57. The SMILES string of the molecule is CCCCCCCC/C=C\CCCCCCCC(=O)OCC(COP(=O)(O)OCC(CO)OC(=O)CCCCCCCCCCCCCCCCC)OC(=O)CCCCCCC/C=C\CCCCCCCC. The molecule has 0 radical (unpaired) electrons. The zero-order chi connectivity index (χ0) is 52.7. The summed E-state index contributed by atoms with van der Waals surface area (Å²) in [5.41, 5.74) is 0. The van der Waals surface area contributed by atoms with E-state index in [1.54, 1.807) is 0 Å². The summed E-state index contributed by atoms with van der Waals surface area (Å²) in [5.74, 6) is -1.46. The van der Waals surface area contributed by atoms with Crippen LogP contribution in [0.4, 0.5) is 0 Å². The van der Waals surface area contributed by atoms with E-state index in [1.807, 2.05) is 0 Å². The molecule has 0 aromatic heterocycles. The molecule has 3 unspecified atom stereocenters. The second kappa shape index (κ2) is 55.2. The van der Waals surface area contributed by atoms with E-state index in [-0.39, 0.29) is 25.9 Å². The zero-order valence-corrected chi connectivity index (χ0v) is 47.8. The summed E-state index contributed by atoms with van der Waals surface area (Å²) in [6, 6.07) is 0. The van der Waals surface area contributed by atoms with Crippen LogP contribution >= 0.6 is 7.82 Å². The maximum Gasteiger partial charge on any atom is 0.472 e. The number of hydrogen-bond acceptors (Lipinski definition) is 10. The Bertz CT molecular complexity index is 1310. The average Bonchev–Trinajstić information content (AvgIpc) is 3.37. The third-order valence-electron chi connectivity index (χ3n) is 13.3. The van der Waals surface area contributed by atoms with Gasteiger partial charge in [-0.15, -0.1) is 0 Å². The Labute approximate surface area is 442 Å². The molecule has 2 N–H and O–H groups in total. The van der Waals surface area contributed by atoms with Crippen LogP contribution in [0.3, 0.4) is 0 Å². The van der Waals surface area contributed by atoms with Gasteiger partial charge < -0.3 is 24.2 Å². The van der Waals surface area contributed by atoms with Crippen molar-refractivity contribution in [1.29, 1.82) is 0 Å². The van der Waals surface area contributed by atoms with Gasteiger partial charge in [-0.2, -0.15) is 0 Å². The van der Waals surface area contributed by atoms with Crippen molar-refractivity contribution in [3.63, 3.8) is 0 Å². The summed E-state index contributed by atoms with van der Waals surface area (Å²) < 4.78 is 39.6. The van der Waals surface area contributed by atoms with Gasteiger partial charge in [0.15, 0.2) is 6.10 Å². The van der Waals surface area contributed by atoms with Gasteiger partial charge in [0.25, 0.3) is 0 Å². The zero-order valence-electron chi connectivity index (χ0n) is 46.9. The first-order chi connectivity index (χ1) is 35.2. The summed E-state index contributed by atoms with van der Waals surface area (Å²) in [6.07, 6.45) is 55.5. The Balaban J connectivity index is 4.69. The summed E-state index contributed by atoms with van der Waals surface area (Å²) in [6.45, 7) is 4.67. The number of aliphatic hydroxyl groups excluding tert-OH is 1. The highest BCUT2D eigenvalue weighted by Crippen LogP contribution is 2.43. The minimum atomic E-state index is -4.74. The first-order valence-corrected chi connectivity index (χ1v) is 31.7. The maximum atomic E-state index is 12.9. The van der Waals surface area contributed by atoms with Crippen LogP contribution in [0.25, 0.3) is 0 Å². The molecule has 0 aliphatic rings. The van der Waals surface area contributed by atoms with Crippen molar-refractivity contribution in [2.75, 3.05) is 26.4 Å². The molecule has 0 aromatic rings. The molecule has 0 aliphatic heterocycles. The van der Waals surface area contributed by atoms with Crippen molar-refractivity contribution in [3.05, 3.63) is 24.3 Å². The lowest BCUT2D eigenvalue weighted by Crippen LogP contribution is -2.30. The van der Waals surface area contributed by atoms with Crippen LogP contribution in [0.2, 0.25) is 0 Å². The summed E-state index contributed by atoms with van der Waals surface area (Å²) in [5, 5.41) is 9.82. The van der Waals surface area contributed by atoms with Crippen LogP contribution in [0.5, 0.6) is 0 Å². The predicted molar refractivity (Wildman–Crippen MR) is 298 cm³/mol. The number of unbranched alkanes of at least 4 members (excludes halogenated alkanes) is 36. The highest BCUT2D eigenvalue weighted by molar-refractivity contribution is 7.47. The molecule has 0 aliphatic carbocycles. The third kappa shape index (κ3) is 52.8. The molecule has 11 nitrogen and oxygen atoms in total. The minimum Gasteiger partial charge on any atom is -0.462 e. The first kappa shape index (κ1) is 70.0. The van der Waals surface area contributed by atoms with E-state index in [4.69, 9.17) is 23.3 Å². The van der Waals surface area contributed by atoms with Crippen LogP contribution in [-0.2, 0) is 42.2 Å². The lowest BCUT2D eigenvalue weighted by Gasteiger charge is -2.21. The van der Waals surface area contributed by atoms with E-state index < -0.39 is 57.8 Å². The van der Waals surface area contributed by atoms with Crippen molar-refractivity contribution >= 4 is 25.7 Å². The lowest BCUT2D eigenvalue weighted by molar-refractivity contribution is -0.161. The fourth-order valence-corrected chi connectivity index (χ4v) is 9.48. The largest absolute Gasteiger partial charge is 0.472 e. The number of esters is 3. The summed E-state index contributed by atoms with van der Waals surface area (Å²) in [4.78, 5) is 48.6. The number of carbonyl (C=O) groups excluding carboxylic acids is 3. The molecule has 3 atom stereocenters. The lowest BCUT2D eigenvalue weighted by atomic mass is 10.0. The van der Waals surface area contributed by atoms with Crippen molar-refractivity contribution in [2.24, 2.45) is 0 Å². The molecule has 0 amide bonds. The van der Waals surface area contributed by atoms with Gasteiger partial charge in [0, 0.05) is 19.3 Å². The highest BCUT2D eigenvalue weighted by Gasteiger charge is 2.28. The van der Waals surface area contributed by atoms with Crippen LogP contribution < -0.4 is 0 Å². The molecule has 0 fully saturated rings. The van der Waals surface area contributed by atoms with Crippen molar-refractivity contribution in [1.82, 2.24) is 0 Å². The van der Waals surface area contributed by atoms with E-state index in [9.17, 15) is 28.9 Å². The molecular weight excluding hydrogens is 928 g/mol. The van der Waals surface area contributed by atoms with Crippen LogP contribution in [0.15, 0.2) is 24.3 Å². The fraction of sp³-hybridized carbons (Fsp3) is 0.883. The Morgan fingerprint density at radius 2 is 0.639 bits per heavy atom. The Hall–Kier alpha value is -2.04. The Kier molecular flexibility index (Phi) is 53.6. The molecule has 0 aromatic carbocycles. The van der Waals surface area contributed by atoms with Gasteiger partial charge >= 0.3 is 25.7 Å². The molecule has 12 heteroatoms. The van der Waals surface area contributed by atoms with Crippen molar-refractivity contribution in [3.8, 4) is 0 Å². The van der Waals surface area contributed by atoms with Gasteiger partial charge in [0.1, 0.15) is 12.7 Å². The number of carbonyl (C=O) groups is 3. The molecule has 0 saturated carbocycles. The van der Waals surface area contributed by atoms with Crippen molar-refractivity contribution < 1.29 is 52.2 Å². The average molecular weight is 1040 g/mol. The van der Waals surface area contributed by atoms with Crippen LogP contribution in [0.1, 0.15) is 303 Å². The number of phosphoric ester groups is 1. The molecule has 72 heavy (non-hydrogen) atoms. The molecule has 0 rings (SSSR count). The number of hydrogen-bond donors (Lipinski definition) is 2. The number of aliphatic hydroxyl groups is 1. The highest BCUT2D eigenvalue weighted by atomic mass is 31.2. The van der Waals surface area contributed by atoms with E-state index in [2.05, 4.69) is 45.1 Å². The second-order valence-electron chi connectivity index (χ2n) is 20.5. The number of allylic oxidation sites excluding steroid dienone is 4. The molecule has 0 bridgehead atoms. The topological polar surface area (TPSA) is 155 Å².